The van der Waals surface area contributed by atoms with Crippen molar-refractivity contribution in [3.63, 3.8) is 0 Å². The van der Waals surface area contributed by atoms with Gasteiger partial charge >= 0.3 is 0 Å². The first-order valence-electron chi connectivity index (χ1n) is 8.98. The van der Waals surface area contributed by atoms with Crippen molar-refractivity contribution >= 4 is 38.8 Å². The van der Waals surface area contributed by atoms with Gasteiger partial charge in [-0.3, -0.25) is 4.79 Å². The van der Waals surface area contributed by atoms with Crippen LogP contribution in [-0.2, 0) is 0 Å². The molecule has 1 N–H and O–H groups in total. The summed E-state index contributed by atoms with van der Waals surface area (Å²) in [5.41, 5.74) is 3.99. The monoisotopic (exact) mass is 433 g/mol. The summed E-state index contributed by atoms with van der Waals surface area (Å²) < 4.78 is 0.950. The lowest BCUT2D eigenvalue weighted by Crippen LogP contribution is -2.03. The number of ketones is 1. The van der Waals surface area contributed by atoms with Crippen LogP contribution >= 0.6 is 15.9 Å². The fourth-order valence-electron chi connectivity index (χ4n) is 2.49. The highest BCUT2D eigenvalue weighted by atomic mass is 79.9. The Morgan fingerprint density at radius 3 is 2.11 bits per heavy atom. The predicted molar refractivity (Wildman–Crippen MR) is 118 cm³/mol. The maximum atomic E-state index is 12.4. The minimum Gasteiger partial charge on any atom is -0.359 e. The zero-order chi connectivity index (χ0) is 19.8. The molecule has 0 saturated carbocycles. The van der Waals surface area contributed by atoms with E-state index >= 15 is 0 Å². The Balaban J connectivity index is 1.66. The SMILES string of the molecule is CC/C(=C\C(=O)c1ccc(Br)cc1)Nc1ccc(N=Nc2ccccc2)cc1. The zero-order valence-electron chi connectivity index (χ0n) is 15.5. The van der Waals surface area contributed by atoms with Gasteiger partial charge in [-0.25, -0.2) is 0 Å². The van der Waals surface area contributed by atoms with Crippen LogP contribution in [0, 0.1) is 0 Å². The molecule has 28 heavy (non-hydrogen) atoms. The number of carbonyl (C=O) groups is 1. The number of allylic oxidation sites excluding steroid dienone is 2. The van der Waals surface area contributed by atoms with E-state index < -0.39 is 0 Å². The molecule has 0 fully saturated rings. The van der Waals surface area contributed by atoms with Crippen LogP contribution in [0.3, 0.4) is 0 Å². The fraction of sp³-hybridized carbons (Fsp3) is 0.0870. The maximum absolute atomic E-state index is 12.4. The third kappa shape index (κ3) is 5.72. The third-order valence-corrected chi connectivity index (χ3v) is 4.55. The Labute approximate surface area is 173 Å². The van der Waals surface area contributed by atoms with Crippen LogP contribution in [0.15, 0.2) is 105 Å². The van der Waals surface area contributed by atoms with Gasteiger partial charge in [0.2, 0.25) is 0 Å². The Bertz CT molecular complexity index is 979. The second-order valence-corrected chi connectivity index (χ2v) is 7.02. The second kappa shape index (κ2) is 9.76. The van der Waals surface area contributed by atoms with E-state index in [1.165, 1.54) is 0 Å². The first-order valence-corrected chi connectivity index (χ1v) is 9.77. The van der Waals surface area contributed by atoms with Gasteiger partial charge in [0.1, 0.15) is 0 Å². The van der Waals surface area contributed by atoms with Gasteiger partial charge in [0.25, 0.3) is 0 Å². The summed E-state index contributed by atoms with van der Waals surface area (Å²) in [6, 6.07) is 24.6. The van der Waals surface area contributed by atoms with Gasteiger partial charge in [0.15, 0.2) is 5.78 Å². The molecule has 3 aromatic rings. The summed E-state index contributed by atoms with van der Waals surface area (Å²) in [4.78, 5) is 12.4. The van der Waals surface area contributed by atoms with Gasteiger partial charge in [-0.05, 0) is 67.1 Å². The van der Waals surface area contributed by atoms with Gasteiger partial charge in [-0.1, -0.05) is 41.1 Å². The summed E-state index contributed by atoms with van der Waals surface area (Å²) in [6.07, 6.45) is 2.37. The largest absolute Gasteiger partial charge is 0.359 e. The predicted octanol–water partition coefficient (Wildman–Crippen LogP) is 7.45. The second-order valence-electron chi connectivity index (χ2n) is 6.10. The highest BCUT2D eigenvalue weighted by Gasteiger charge is 2.05. The molecule has 3 aromatic carbocycles. The van der Waals surface area contributed by atoms with Crippen LogP contribution in [0.5, 0.6) is 0 Å². The van der Waals surface area contributed by atoms with Crippen molar-refractivity contribution in [2.24, 2.45) is 10.2 Å². The first kappa shape index (κ1) is 19.7. The summed E-state index contributed by atoms with van der Waals surface area (Å²) in [6.45, 7) is 2.01. The van der Waals surface area contributed by atoms with Crippen LogP contribution in [-0.4, -0.2) is 5.78 Å². The lowest BCUT2D eigenvalue weighted by molar-refractivity contribution is 0.104. The van der Waals surface area contributed by atoms with E-state index in [4.69, 9.17) is 0 Å². The number of azo groups is 1. The van der Waals surface area contributed by atoms with Gasteiger partial charge in [-0.2, -0.15) is 10.2 Å². The molecule has 4 nitrogen and oxygen atoms in total. The molecule has 0 unspecified atom stereocenters. The number of carbonyl (C=O) groups excluding carboxylic acids is 1. The molecule has 0 spiro atoms. The van der Waals surface area contributed by atoms with Crippen molar-refractivity contribution in [1.29, 1.82) is 0 Å². The molecule has 5 heteroatoms. The molecular formula is C23H20BrN3O. The summed E-state index contributed by atoms with van der Waals surface area (Å²) in [5, 5.41) is 11.7. The number of hydrogen-bond donors (Lipinski definition) is 1. The summed E-state index contributed by atoms with van der Waals surface area (Å²) >= 11 is 3.38. The van der Waals surface area contributed by atoms with E-state index in [0.29, 0.717) is 5.56 Å². The number of nitrogens with zero attached hydrogens (tertiary/aromatic N) is 2. The highest BCUT2D eigenvalue weighted by Crippen LogP contribution is 2.21. The van der Waals surface area contributed by atoms with E-state index in [-0.39, 0.29) is 5.78 Å². The average Bonchev–Trinajstić information content (AvgIpc) is 2.74. The zero-order valence-corrected chi connectivity index (χ0v) is 17.1. The number of halogens is 1. The summed E-state index contributed by atoms with van der Waals surface area (Å²) in [5.74, 6) is -0.0230. The fourth-order valence-corrected chi connectivity index (χ4v) is 2.75. The van der Waals surface area contributed by atoms with E-state index in [9.17, 15) is 4.79 Å². The molecule has 0 amide bonds. The van der Waals surface area contributed by atoms with Crippen molar-refractivity contribution in [2.45, 2.75) is 13.3 Å². The van der Waals surface area contributed by atoms with Crippen LogP contribution in [0.25, 0.3) is 0 Å². The molecule has 0 aromatic heterocycles. The first-order chi connectivity index (χ1) is 13.6. The molecular weight excluding hydrogens is 414 g/mol. The molecule has 3 rings (SSSR count). The van der Waals surface area contributed by atoms with E-state index in [1.54, 1.807) is 6.08 Å². The number of hydrogen-bond acceptors (Lipinski definition) is 4. The van der Waals surface area contributed by atoms with Gasteiger partial charge in [0, 0.05) is 27.5 Å². The molecule has 0 aliphatic rings. The molecule has 140 valence electrons. The average molecular weight is 434 g/mol. The Morgan fingerprint density at radius 1 is 0.893 bits per heavy atom. The van der Waals surface area contributed by atoms with Crippen molar-refractivity contribution in [1.82, 2.24) is 0 Å². The minimum absolute atomic E-state index is 0.0230. The van der Waals surface area contributed by atoms with Crippen molar-refractivity contribution < 1.29 is 4.79 Å². The summed E-state index contributed by atoms with van der Waals surface area (Å²) in [7, 11) is 0. The molecule has 0 aliphatic heterocycles. The number of rotatable bonds is 7. The smallest absolute Gasteiger partial charge is 0.187 e. The number of anilines is 1. The number of benzene rings is 3. The van der Waals surface area contributed by atoms with E-state index in [2.05, 4.69) is 31.5 Å². The minimum atomic E-state index is -0.0230. The molecule has 0 saturated heterocycles. The van der Waals surface area contributed by atoms with Crippen molar-refractivity contribution in [3.8, 4) is 0 Å². The molecule has 0 atom stereocenters. The molecule has 0 aliphatic carbocycles. The van der Waals surface area contributed by atoms with Gasteiger partial charge in [0.05, 0.1) is 11.4 Å². The van der Waals surface area contributed by atoms with Crippen LogP contribution in [0.1, 0.15) is 23.7 Å². The lowest BCUT2D eigenvalue weighted by Gasteiger charge is -2.09. The maximum Gasteiger partial charge on any atom is 0.187 e. The Hall–Kier alpha value is -3.05. The van der Waals surface area contributed by atoms with E-state index in [0.717, 1.165) is 33.7 Å². The topological polar surface area (TPSA) is 53.8 Å². The normalized spacial score (nSPS) is 11.6. The van der Waals surface area contributed by atoms with Crippen LogP contribution in [0.2, 0.25) is 0 Å². The van der Waals surface area contributed by atoms with Crippen LogP contribution < -0.4 is 5.32 Å². The Kier molecular flexibility index (Phi) is 6.87. The molecule has 0 bridgehead atoms. The van der Waals surface area contributed by atoms with Gasteiger partial charge in [-0.15, -0.1) is 0 Å². The standard InChI is InChI=1S/C23H20BrN3O/c1-2-19(16-23(28)17-8-10-18(24)11-9-17)25-20-12-14-22(15-13-20)27-26-21-6-4-3-5-7-21/h3-16,25H,2H2,1H3/b19-16+,27-26?. The van der Waals surface area contributed by atoms with E-state index in [1.807, 2.05) is 85.8 Å². The van der Waals surface area contributed by atoms with Crippen molar-refractivity contribution in [3.05, 3.63) is 101 Å². The number of nitrogens with one attached hydrogen (secondary N) is 1. The van der Waals surface area contributed by atoms with Crippen molar-refractivity contribution in [2.75, 3.05) is 5.32 Å². The van der Waals surface area contributed by atoms with Gasteiger partial charge < -0.3 is 5.32 Å². The molecule has 0 heterocycles. The third-order valence-electron chi connectivity index (χ3n) is 4.02. The Morgan fingerprint density at radius 2 is 1.50 bits per heavy atom. The highest BCUT2D eigenvalue weighted by molar-refractivity contribution is 9.10. The lowest BCUT2D eigenvalue weighted by atomic mass is 10.1. The molecule has 0 radical (unpaired) electrons. The quantitative estimate of drug-likeness (QED) is 0.238. The van der Waals surface area contributed by atoms with Crippen LogP contribution in [0.4, 0.5) is 17.1 Å².